The summed E-state index contributed by atoms with van der Waals surface area (Å²) >= 11 is 0. The molecule has 0 spiro atoms. The van der Waals surface area contributed by atoms with Crippen molar-refractivity contribution in [3.8, 4) is 0 Å². The maximum atomic E-state index is 13.8. The third-order valence-electron chi connectivity index (χ3n) is 3.95. The van der Waals surface area contributed by atoms with Crippen LogP contribution in [0.25, 0.3) is 0 Å². The molecule has 3 rings (SSSR count). The lowest BCUT2D eigenvalue weighted by Crippen LogP contribution is -2.26. The molecule has 20 heavy (non-hydrogen) atoms. The standard InChI is InChI=1S/C15H17F2N3/c1-9-7-19-20-15(9)8-18-14-4-2-3-11-12(14)5-10(16)6-13(11)17/h5-7,14,18H,2-4,8H2,1H3,(H,19,20)/t14-/m0/s1. The quantitative estimate of drug-likeness (QED) is 0.904. The molecule has 2 N–H and O–H groups in total. The van der Waals surface area contributed by atoms with Gasteiger partial charge >= 0.3 is 0 Å². The van der Waals surface area contributed by atoms with Gasteiger partial charge in [-0.15, -0.1) is 0 Å². The first kappa shape index (κ1) is 13.2. The van der Waals surface area contributed by atoms with Gasteiger partial charge in [0.25, 0.3) is 0 Å². The SMILES string of the molecule is Cc1cn[nH]c1CN[C@H]1CCCc2c(F)cc(F)cc21. The molecule has 0 aliphatic heterocycles. The summed E-state index contributed by atoms with van der Waals surface area (Å²) in [5, 5.41) is 10.3. The number of H-pyrrole nitrogens is 1. The second kappa shape index (κ2) is 5.32. The smallest absolute Gasteiger partial charge is 0.129 e. The molecule has 0 amide bonds. The number of nitrogens with zero attached hydrogens (tertiary/aromatic N) is 1. The van der Waals surface area contributed by atoms with E-state index in [0.29, 0.717) is 18.5 Å². The number of hydrogen-bond acceptors (Lipinski definition) is 2. The van der Waals surface area contributed by atoms with Crippen LogP contribution in [0.4, 0.5) is 8.78 Å². The zero-order valence-corrected chi connectivity index (χ0v) is 11.3. The number of fused-ring (bicyclic) bond motifs is 1. The van der Waals surface area contributed by atoms with Crippen LogP contribution in [0.15, 0.2) is 18.3 Å². The van der Waals surface area contributed by atoms with E-state index in [2.05, 4.69) is 15.5 Å². The molecule has 1 aliphatic rings. The minimum atomic E-state index is -0.507. The lowest BCUT2D eigenvalue weighted by Gasteiger charge is -2.27. The van der Waals surface area contributed by atoms with Crippen molar-refractivity contribution in [2.24, 2.45) is 0 Å². The van der Waals surface area contributed by atoms with Crippen molar-refractivity contribution in [1.82, 2.24) is 15.5 Å². The number of benzene rings is 1. The topological polar surface area (TPSA) is 40.7 Å². The highest BCUT2D eigenvalue weighted by atomic mass is 19.1. The molecular weight excluding hydrogens is 260 g/mol. The van der Waals surface area contributed by atoms with Gasteiger partial charge in [-0.3, -0.25) is 5.10 Å². The summed E-state index contributed by atoms with van der Waals surface area (Å²) in [5.41, 5.74) is 3.50. The van der Waals surface area contributed by atoms with Crippen molar-refractivity contribution >= 4 is 0 Å². The summed E-state index contributed by atoms with van der Waals surface area (Å²) in [4.78, 5) is 0. The predicted octanol–water partition coefficient (Wildman–Crippen LogP) is 3.16. The van der Waals surface area contributed by atoms with Crippen LogP contribution in [0.1, 0.15) is 41.3 Å². The fourth-order valence-corrected chi connectivity index (χ4v) is 2.83. The van der Waals surface area contributed by atoms with Gasteiger partial charge in [-0.2, -0.15) is 5.10 Å². The van der Waals surface area contributed by atoms with E-state index in [-0.39, 0.29) is 6.04 Å². The molecule has 0 unspecified atom stereocenters. The highest BCUT2D eigenvalue weighted by Crippen LogP contribution is 2.32. The van der Waals surface area contributed by atoms with E-state index in [4.69, 9.17) is 0 Å². The summed E-state index contributed by atoms with van der Waals surface area (Å²) in [6.07, 6.45) is 4.26. The zero-order valence-electron chi connectivity index (χ0n) is 11.3. The Labute approximate surface area is 116 Å². The van der Waals surface area contributed by atoms with E-state index in [9.17, 15) is 8.78 Å². The molecule has 1 atom stereocenters. The summed E-state index contributed by atoms with van der Waals surface area (Å²) < 4.78 is 27.2. The molecule has 1 aromatic heterocycles. The molecule has 5 heteroatoms. The third kappa shape index (κ3) is 2.45. The average molecular weight is 277 g/mol. The van der Waals surface area contributed by atoms with Crippen molar-refractivity contribution in [2.45, 2.75) is 38.8 Å². The van der Waals surface area contributed by atoms with Crippen LogP contribution < -0.4 is 5.32 Å². The lowest BCUT2D eigenvalue weighted by molar-refractivity contribution is 0.439. The fraction of sp³-hybridized carbons (Fsp3) is 0.400. The molecule has 0 saturated carbocycles. The Bertz CT molecular complexity index is 622. The van der Waals surface area contributed by atoms with Crippen molar-refractivity contribution < 1.29 is 8.78 Å². The van der Waals surface area contributed by atoms with Crippen LogP contribution in [-0.2, 0) is 13.0 Å². The summed E-state index contributed by atoms with van der Waals surface area (Å²) in [6, 6.07) is 2.42. The first-order valence-electron chi connectivity index (χ1n) is 6.85. The van der Waals surface area contributed by atoms with Crippen molar-refractivity contribution in [1.29, 1.82) is 0 Å². The normalized spacial score (nSPS) is 18.1. The number of halogens is 2. The van der Waals surface area contributed by atoms with E-state index >= 15 is 0 Å². The van der Waals surface area contributed by atoms with Gasteiger partial charge in [0.15, 0.2) is 0 Å². The maximum absolute atomic E-state index is 13.8. The molecule has 1 heterocycles. The Morgan fingerprint density at radius 2 is 2.25 bits per heavy atom. The van der Waals surface area contributed by atoms with Crippen LogP contribution in [0.5, 0.6) is 0 Å². The van der Waals surface area contributed by atoms with Gasteiger partial charge in [0.1, 0.15) is 11.6 Å². The maximum Gasteiger partial charge on any atom is 0.129 e. The van der Waals surface area contributed by atoms with Crippen molar-refractivity contribution in [3.63, 3.8) is 0 Å². The van der Waals surface area contributed by atoms with Gasteiger partial charge in [-0.25, -0.2) is 8.78 Å². The number of aromatic nitrogens is 2. The highest BCUT2D eigenvalue weighted by Gasteiger charge is 2.23. The average Bonchev–Trinajstić information content (AvgIpc) is 2.82. The Hall–Kier alpha value is -1.75. The van der Waals surface area contributed by atoms with Gasteiger partial charge < -0.3 is 5.32 Å². The first-order chi connectivity index (χ1) is 9.65. The minimum Gasteiger partial charge on any atom is -0.304 e. The molecule has 2 aromatic rings. The number of rotatable bonds is 3. The van der Waals surface area contributed by atoms with Gasteiger partial charge in [0, 0.05) is 18.7 Å². The van der Waals surface area contributed by atoms with Gasteiger partial charge in [0.05, 0.1) is 11.9 Å². The largest absolute Gasteiger partial charge is 0.304 e. The van der Waals surface area contributed by atoms with Crippen LogP contribution in [-0.4, -0.2) is 10.2 Å². The monoisotopic (exact) mass is 277 g/mol. The Kier molecular flexibility index (Phi) is 3.53. The molecule has 1 aromatic carbocycles. The summed E-state index contributed by atoms with van der Waals surface area (Å²) in [5.74, 6) is -0.933. The molecule has 0 fully saturated rings. The van der Waals surface area contributed by atoms with Crippen LogP contribution in [0, 0.1) is 18.6 Å². The molecular formula is C15H17F2N3. The lowest BCUT2D eigenvalue weighted by atomic mass is 9.87. The van der Waals surface area contributed by atoms with E-state index in [1.807, 2.05) is 6.92 Å². The van der Waals surface area contributed by atoms with Gasteiger partial charge in [0.2, 0.25) is 0 Å². The Balaban J connectivity index is 1.81. The van der Waals surface area contributed by atoms with Crippen LogP contribution in [0.2, 0.25) is 0 Å². The molecule has 3 nitrogen and oxygen atoms in total. The molecule has 0 radical (unpaired) electrons. The van der Waals surface area contributed by atoms with Crippen LogP contribution in [0.3, 0.4) is 0 Å². The molecule has 1 aliphatic carbocycles. The fourth-order valence-electron chi connectivity index (χ4n) is 2.83. The van der Waals surface area contributed by atoms with Gasteiger partial charge in [-0.05, 0) is 48.9 Å². The summed E-state index contributed by atoms with van der Waals surface area (Å²) in [7, 11) is 0. The van der Waals surface area contributed by atoms with Crippen molar-refractivity contribution in [3.05, 3.63) is 52.3 Å². The summed E-state index contributed by atoms with van der Waals surface area (Å²) in [6.45, 7) is 2.60. The number of nitrogens with one attached hydrogen (secondary N) is 2. The second-order valence-electron chi connectivity index (χ2n) is 5.31. The minimum absolute atomic E-state index is 0.00773. The molecule has 106 valence electrons. The number of hydrogen-bond donors (Lipinski definition) is 2. The van der Waals surface area contributed by atoms with Crippen LogP contribution >= 0.6 is 0 Å². The Morgan fingerprint density at radius 3 is 3.00 bits per heavy atom. The van der Waals surface area contributed by atoms with E-state index in [1.165, 1.54) is 6.07 Å². The van der Waals surface area contributed by atoms with Gasteiger partial charge in [-0.1, -0.05) is 0 Å². The van der Waals surface area contributed by atoms with Crippen molar-refractivity contribution in [2.75, 3.05) is 0 Å². The predicted molar refractivity (Wildman–Crippen MR) is 72.2 cm³/mol. The highest BCUT2D eigenvalue weighted by molar-refractivity contribution is 5.34. The number of aromatic amines is 1. The van der Waals surface area contributed by atoms with E-state index in [1.54, 1.807) is 6.20 Å². The Morgan fingerprint density at radius 1 is 1.40 bits per heavy atom. The number of aryl methyl sites for hydroxylation is 1. The van der Waals surface area contributed by atoms with E-state index in [0.717, 1.165) is 35.7 Å². The third-order valence-corrected chi connectivity index (χ3v) is 3.95. The zero-order chi connectivity index (χ0) is 14.1. The molecule has 0 bridgehead atoms. The molecule has 0 saturated heterocycles. The second-order valence-corrected chi connectivity index (χ2v) is 5.31. The van der Waals surface area contributed by atoms with E-state index < -0.39 is 11.6 Å². The first-order valence-corrected chi connectivity index (χ1v) is 6.85.